The molecule has 0 amide bonds. The number of benzene rings is 1. The van der Waals surface area contributed by atoms with Crippen molar-refractivity contribution in [3.63, 3.8) is 0 Å². The van der Waals surface area contributed by atoms with Crippen molar-refractivity contribution in [3.05, 3.63) is 35.4 Å². The fourth-order valence-electron chi connectivity index (χ4n) is 4.00. The van der Waals surface area contributed by atoms with Gasteiger partial charge >= 0.3 is 5.97 Å². The molecule has 0 heterocycles. The molecule has 0 spiro atoms. The molecule has 0 bridgehead atoms. The van der Waals surface area contributed by atoms with Crippen LogP contribution in [0.4, 0.5) is 0 Å². The third kappa shape index (κ3) is 7.78. The van der Waals surface area contributed by atoms with Crippen LogP contribution in [0, 0.1) is 0 Å². The maximum Gasteiger partial charge on any atom is 0.328 e. The zero-order valence-corrected chi connectivity index (χ0v) is 16.9. The van der Waals surface area contributed by atoms with Crippen molar-refractivity contribution >= 4 is 12.0 Å². The van der Waals surface area contributed by atoms with Gasteiger partial charge in [0.25, 0.3) is 0 Å². The second-order valence-corrected chi connectivity index (χ2v) is 7.74. The lowest BCUT2D eigenvalue weighted by Crippen LogP contribution is -2.04. The molecule has 150 valence electrons. The van der Waals surface area contributed by atoms with E-state index in [-0.39, 0.29) is 0 Å². The number of aliphatic carboxylic acids is 1. The molecule has 1 N–H and O–H groups in total. The van der Waals surface area contributed by atoms with Crippen LogP contribution in [0.3, 0.4) is 0 Å². The van der Waals surface area contributed by atoms with Gasteiger partial charge in [0.2, 0.25) is 0 Å². The number of unbranched alkanes of at least 4 members (excludes halogenated alkanes) is 7. The summed E-state index contributed by atoms with van der Waals surface area (Å²) in [5.74, 6) is 0.539. The molecule has 1 aliphatic rings. The summed E-state index contributed by atoms with van der Waals surface area (Å²) in [5, 5.41) is 8.97. The van der Waals surface area contributed by atoms with E-state index in [0.717, 1.165) is 17.7 Å². The van der Waals surface area contributed by atoms with Gasteiger partial charge in [-0.1, -0.05) is 82.9 Å². The third-order valence-corrected chi connectivity index (χ3v) is 5.52. The Morgan fingerprint density at radius 1 is 1.07 bits per heavy atom. The Hall–Kier alpha value is -1.77. The molecular weight excluding hydrogens is 336 g/mol. The molecule has 0 unspecified atom stereocenters. The van der Waals surface area contributed by atoms with Crippen LogP contribution in [0.2, 0.25) is 0 Å². The molecule has 0 aromatic heterocycles. The van der Waals surface area contributed by atoms with Gasteiger partial charge in [0, 0.05) is 11.6 Å². The van der Waals surface area contributed by atoms with Crippen LogP contribution in [0.25, 0.3) is 6.08 Å². The zero-order chi connectivity index (χ0) is 19.3. The highest BCUT2D eigenvalue weighted by Gasteiger charge is 2.21. The second-order valence-electron chi connectivity index (χ2n) is 7.74. The standard InChI is InChI=1S/C24H36O3/c1-2-3-4-5-6-7-8-11-19-27-24-21(17-18-23(25)26)15-12-16-22(24)20-13-9-10-14-20/h12,15-18,20H,2-11,13-14,19H2,1H3,(H,25,26)/b18-17+. The van der Waals surface area contributed by atoms with Crippen molar-refractivity contribution in [2.24, 2.45) is 0 Å². The smallest absolute Gasteiger partial charge is 0.328 e. The lowest BCUT2D eigenvalue weighted by molar-refractivity contribution is -0.131. The number of ether oxygens (including phenoxy) is 1. The first-order chi connectivity index (χ1) is 13.2. The van der Waals surface area contributed by atoms with Crippen molar-refractivity contribution in [1.29, 1.82) is 0 Å². The van der Waals surface area contributed by atoms with Gasteiger partial charge < -0.3 is 9.84 Å². The first-order valence-electron chi connectivity index (χ1n) is 10.9. The number of rotatable bonds is 13. The maximum atomic E-state index is 10.9. The predicted molar refractivity (Wildman–Crippen MR) is 112 cm³/mol. The lowest BCUT2D eigenvalue weighted by atomic mass is 9.94. The summed E-state index contributed by atoms with van der Waals surface area (Å²) in [5.41, 5.74) is 2.15. The summed E-state index contributed by atoms with van der Waals surface area (Å²) in [4.78, 5) is 10.9. The summed E-state index contributed by atoms with van der Waals surface area (Å²) in [6.45, 7) is 2.97. The first-order valence-corrected chi connectivity index (χ1v) is 10.9. The molecule has 0 aliphatic heterocycles. The highest BCUT2D eigenvalue weighted by molar-refractivity contribution is 5.86. The summed E-state index contributed by atoms with van der Waals surface area (Å²) >= 11 is 0. The summed E-state index contributed by atoms with van der Waals surface area (Å²) in [6.07, 6.45) is 18.1. The minimum atomic E-state index is -0.921. The van der Waals surface area contributed by atoms with Crippen LogP contribution < -0.4 is 4.74 Å². The summed E-state index contributed by atoms with van der Waals surface area (Å²) in [6, 6.07) is 6.15. The molecule has 27 heavy (non-hydrogen) atoms. The first kappa shape index (κ1) is 21.5. The molecule has 0 saturated heterocycles. The van der Waals surface area contributed by atoms with E-state index in [1.165, 1.54) is 82.3 Å². The van der Waals surface area contributed by atoms with Crippen molar-refractivity contribution < 1.29 is 14.6 Å². The quantitative estimate of drug-likeness (QED) is 0.301. The number of hydrogen-bond acceptors (Lipinski definition) is 2. The number of carboxylic acids is 1. The summed E-state index contributed by atoms with van der Waals surface area (Å²) in [7, 11) is 0. The normalized spacial score (nSPS) is 14.9. The van der Waals surface area contributed by atoms with E-state index >= 15 is 0 Å². The molecule has 3 heteroatoms. The second kappa shape index (κ2) is 12.6. The van der Waals surface area contributed by atoms with Gasteiger partial charge in [0.1, 0.15) is 5.75 Å². The zero-order valence-electron chi connectivity index (χ0n) is 16.9. The van der Waals surface area contributed by atoms with Gasteiger partial charge in [0.15, 0.2) is 0 Å². The fourth-order valence-corrected chi connectivity index (χ4v) is 4.00. The van der Waals surface area contributed by atoms with Crippen LogP contribution in [-0.4, -0.2) is 17.7 Å². The molecular formula is C24H36O3. The molecule has 1 aromatic rings. The van der Waals surface area contributed by atoms with E-state index < -0.39 is 5.97 Å². The van der Waals surface area contributed by atoms with E-state index in [9.17, 15) is 4.79 Å². The Kier molecular flexibility index (Phi) is 10.0. The average molecular weight is 373 g/mol. The Balaban J connectivity index is 1.89. The Labute approximate surface area is 164 Å². The Bertz CT molecular complexity index is 585. The predicted octanol–water partition coefficient (Wildman–Crippen LogP) is 6.96. The fraction of sp³-hybridized carbons (Fsp3) is 0.625. The van der Waals surface area contributed by atoms with Crippen LogP contribution in [0.15, 0.2) is 24.3 Å². The molecule has 1 aliphatic carbocycles. The van der Waals surface area contributed by atoms with E-state index in [2.05, 4.69) is 13.0 Å². The third-order valence-electron chi connectivity index (χ3n) is 5.52. The lowest BCUT2D eigenvalue weighted by Gasteiger charge is -2.18. The monoisotopic (exact) mass is 372 g/mol. The van der Waals surface area contributed by atoms with Crippen molar-refractivity contribution in [3.8, 4) is 5.75 Å². The highest BCUT2D eigenvalue weighted by Crippen LogP contribution is 2.40. The van der Waals surface area contributed by atoms with E-state index in [1.807, 2.05) is 12.1 Å². The van der Waals surface area contributed by atoms with Crippen molar-refractivity contribution in [1.82, 2.24) is 0 Å². The van der Waals surface area contributed by atoms with Crippen LogP contribution in [0.1, 0.15) is 101 Å². The molecule has 1 fully saturated rings. The van der Waals surface area contributed by atoms with Crippen LogP contribution in [0.5, 0.6) is 5.75 Å². The number of para-hydroxylation sites is 1. The SMILES string of the molecule is CCCCCCCCCCOc1c(/C=C/C(=O)O)cccc1C1CCCC1. The van der Waals surface area contributed by atoms with Gasteiger partial charge in [-0.05, 0) is 36.8 Å². The number of hydrogen-bond donors (Lipinski definition) is 1. The Morgan fingerprint density at radius 2 is 1.74 bits per heavy atom. The van der Waals surface area contributed by atoms with Crippen molar-refractivity contribution in [2.75, 3.05) is 6.61 Å². The number of carboxylic acid groups (broad SMARTS) is 1. The largest absolute Gasteiger partial charge is 0.493 e. The average Bonchev–Trinajstić information content (AvgIpc) is 3.20. The minimum Gasteiger partial charge on any atom is -0.493 e. The van der Waals surface area contributed by atoms with Gasteiger partial charge in [0.05, 0.1) is 6.61 Å². The topological polar surface area (TPSA) is 46.5 Å². The molecule has 0 radical (unpaired) electrons. The van der Waals surface area contributed by atoms with E-state index in [4.69, 9.17) is 9.84 Å². The van der Waals surface area contributed by atoms with E-state index in [0.29, 0.717) is 12.5 Å². The van der Waals surface area contributed by atoms with Gasteiger partial charge in [-0.3, -0.25) is 0 Å². The van der Waals surface area contributed by atoms with Crippen LogP contribution in [-0.2, 0) is 4.79 Å². The molecule has 1 aromatic carbocycles. The minimum absolute atomic E-state index is 0.553. The van der Waals surface area contributed by atoms with Crippen LogP contribution >= 0.6 is 0 Å². The van der Waals surface area contributed by atoms with Crippen molar-refractivity contribution in [2.45, 2.75) is 89.9 Å². The molecule has 0 atom stereocenters. The molecule has 2 rings (SSSR count). The maximum absolute atomic E-state index is 10.9. The molecule has 1 saturated carbocycles. The number of carbonyl (C=O) groups is 1. The van der Waals surface area contributed by atoms with Gasteiger partial charge in [-0.25, -0.2) is 4.79 Å². The summed E-state index contributed by atoms with van der Waals surface area (Å²) < 4.78 is 6.21. The molecule has 3 nitrogen and oxygen atoms in total. The van der Waals surface area contributed by atoms with Gasteiger partial charge in [-0.2, -0.15) is 0 Å². The highest BCUT2D eigenvalue weighted by atomic mass is 16.5. The Morgan fingerprint density at radius 3 is 2.41 bits per heavy atom. The van der Waals surface area contributed by atoms with Gasteiger partial charge in [-0.15, -0.1) is 0 Å². The van der Waals surface area contributed by atoms with E-state index in [1.54, 1.807) is 6.08 Å².